The maximum atomic E-state index is 6.08. The summed E-state index contributed by atoms with van der Waals surface area (Å²) in [7, 11) is 0. The Kier molecular flexibility index (Phi) is 2.27. The molecule has 1 heterocycles. The quantitative estimate of drug-likeness (QED) is 0.777. The first kappa shape index (κ1) is 10.2. The molecular formula is C12H16N2O. The highest BCUT2D eigenvalue weighted by atomic mass is 16.3. The average Bonchev–Trinajstić information content (AvgIpc) is 2.58. The molecular weight excluding hydrogens is 188 g/mol. The molecule has 0 radical (unpaired) electrons. The van der Waals surface area contributed by atoms with Crippen LogP contribution in [-0.2, 0) is 0 Å². The first-order chi connectivity index (χ1) is 6.98. The van der Waals surface area contributed by atoms with Gasteiger partial charge >= 0.3 is 0 Å². The number of oxazole rings is 1. The Morgan fingerprint density at radius 2 is 1.93 bits per heavy atom. The van der Waals surface area contributed by atoms with Gasteiger partial charge in [-0.15, -0.1) is 0 Å². The first-order valence-electron chi connectivity index (χ1n) is 5.09. The van der Waals surface area contributed by atoms with Crippen LogP contribution in [0.4, 0.5) is 0 Å². The van der Waals surface area contributed by atoms with Gasteiger partial charge < -0.3 is 10.2 Å². The number of nitrogens with two attached hydrogens (primary N) is 1. The second-order valence-corrected chi connectivity index (χ2v) is 4.86. The summed E-state index contributed by atoms with van der Waals surface area (Å²) in [5.74, 6) is 0.615. The van der Waals surface area contributed by atoms with Gasteiger partial charge in [0.25, 0.3) is 0 Å². The molecule has 3 nitrogen and oxygen atoms in total. The van der Waals surface area contributed by atoms with Crippen molar-refractivity contribution in [3.63, 3.8) is 0 Å². The van der Waals surface area contributed by atoms with Crippen molar-refractivity contribution in [1.29, 1.82) is 0 Å². The number of para-hydroxylation sites is 2. The van der Waals surface area contributed by atoms with Crippen LogP contribution in [0.1, 0.15) is 32.7 Å². The maximum Gasteiger partial charge on any atom is 0.212 e. The fraction of sp³-hybridized carbons (Fsp3) is 0.417. The summed E-state index contributed by atoms with van der Waals surface area (Å²) in [5, 5.41) is 0. The average molecular weight is 204 g/mol. The molecule has 0 amide bonds. The van der Waals surface area contributed by atoms with Crippen LogP contribution in [0.15, 0.2) is 28.7 Å². The molecule has 15 heavy (non-hydrogen) atoms. The Balaban J connectivity index is 2.45. The fourth-order valence-electron chi connectivity index (χ4n) is 1.39. The monoisotopic (exact) mass is 204 g/mol. The summed E-state index contributed by atoms with van der Waals surface area (Å²) in [4.78, 5) is 4.39. The van der Waals surface area contributed by atoms with Crippen LogP contribution >= 0.6 is 0 Å². The third kappa shape index (κ3) is 1.88. The van der Waals surface area contributed by atoms with Crippen molar-refractivity contribution in [3.05, 3.63) is 30.2 Å². The molecule has 0 spiro atoms. The Hall–Kier alpha value is -1.35. The zero-order chi connectivity index (χ0) is 11.1. The molecule has 1 unspecified atom stereocenters. The number of benzene rings is 1. The summed E-state index contributed by atoms with van der Waals surface area (Å²) >= 11 is 0. The maximum absolute atomic E-state index is 6.08. The zero-order valence-corrected chi connectivity index (χ0v) is 9.32. The molecule has 0 aliphatic carbocycles. The number of nitrogens with zero attached hydrogens (tertiary/aromatic N) is 1. The molecule has 80 valence electrons. The van der Waals surface area contributed by atoms with Crippen molar-refractivity contribution in [2.24, 2.45) is 11.1 Å². The Labute approximate surface area is 89.3 Å². The smallest absolute Gasteiger partial charge is 0.212 e. The van der Waals surface area contributed by atoms with E-state index in [1.807, 2.05) is 24.3 Å². The van der Waals surface area contributed by atoms with E-state index in [1.165, 1.54) is 0 Å². The van der Waals surface area contributed by atoms with Crippen molar-refractivity contribution in [2.75, 3.05) is 0 Å². The van der Waals surface area contributed by atoms with Crippen molar-refractivity contribution in [3.8, 4) is 0 Å². The van der Waals surface area contributed by atoms with Crippen molar-refractivity contribution in [1.82, 2.24) is 4.98 Å². The SMILES string of the molecule is CC(C)(C)C(N)c1nc2ccccc2o1. The third-order valence-electron chi connectivity index (χ3n) is 2.51. The summed E-state index contributed by atoms with van der Waals surface area (Å²) in [5.41, 5.74) is 7.70. The van der Waals surface area contributed by atoms with Crippen LogP contribution in [-0.4, -0.2) is 4.98 Å². The highest BCUT2D eigenvalue weighted by Gasteiger charge is 2.26. The third-order valence-corrected chi connectivity index (χ3v) is 2.51. The number of hydrogen-bond donors (Lipinski definition) is 1. The molecule has 0 saturated carbocycles. The molecule has 1 aromatic carbocycles. The van der Waals surface area contributed by atoms with E-state index in [9.17, 15) is 0 Å². The highest BCUT2D eigenvalue weighted by Crippen LogP contribution is 2.31. The number of aromatic nitrogens is 1. The number of fused-ring (bicyclic) bond motifs is 1. The zero-order valence-electron chi connectivity index (χ0n) is 9.32. The van der Waals surface area contributed by atoms with Gasteiger partial charge in [-0.25, -0.2) is 4.98 Å². The second-order valence-electron chi connectivity index (χ2n) is 4.86. The molecule has 1 aromatic heterocycles. The highest BCUT2D eigenvalue weighted by molar-refractivity contribution is 5.72. The van der Waals surface area contributed by atoms with E-state index in [1.54, 1.807) is 0 Å². The van der Waals surface area contributed by atoms with Gasteiger partial charge in [0.1, 0.15) is 5.52 Å². The molecule has 0 fully saturated rings. The Bertz CT molecular complexity index is 435. The fourth-order valence-corrected chi connectivity index (χ4v) is 1.39. The van der Waals surface area contributed by atoms with Crippen LogP contribution in [0.2, 0.25) is 0 Å². The van der Waals surface area contributed by atoms with Gasteiger partial charge in [0.15, 0.2) is 5.58 Å². The van der Waals surface area contributed by atoms with Crippen LogP contribution in [0.25, 0.3) is 11.1 Å². The van der Waals surface area contributed by atoms with Crippen LogP contribution in [0.3, 0.4) is 0 Å². The van der Waals surface area contributed by atoms with Crippen molar-refractivity contribution < 1.29 is 4.42 Å². The minimum Gasteiger partial charge on any atom is -0.439 e. The van der Waals surface area contributed by atoms with Gasteiger partial charge in [-0.2, -0.15) is 0 Å². The second kappa shape index (κ2) is 3.35. The van der Waals surface area contributed by atoms with Crippen molar-refractivity contribution in [2.45, 2.75) is 26.8 Å². The molecule has 1 atom stereocenters. The summed E-state index contributed by atoms with van der Waals surface area (Å²) in [6, 6.07) is 7.53. The lowest BCUT2D eigenvalue weighted by molar-refractivity contribution is 0.282. The molecule has 0 aliphatic rings. The lowest BCUT2D eigenvalue weighted by Crippen LogP contribution is -2.26. The van der Waals surface area contributed by atoms with Crippen LogP contribution < -0.4 is 5.73 Å². The molecule has 3 heteroatoms. The van der Waals surface area contributed by atoms with Gasteiger partial charge in [-0.3, -0.25) is 0 Å². The minimum absolute atomic E-state index is 0.0408. The standard InChI is InChI=1S/C12H16N2O/c1-12(2,3)10(13)11-14-8-6-4-5-7-9(8)15-11/h4-7,10H,13H2,1-3H3. The van der Waals surface area contributed by atoms with Crippen molar-refractivity contribution >= 4 is 11.1 Å². The van der Waals surface area contributed by atoms with Crippen LogP contribution in [0, 0.1) is 5.41 Å². The minimum atomic E-state index is -0.176. The Morgan fingerprint density at radius 1 is 1.27 bits per heavy atom. The van der Waals surface area contributed by atoms with Crippen LogP contribution in [0.5, 0.6) is 0 Å². The van der Waals surface area contributed by atoms with E-state index in [2.05, 4.69) is 25.8 Å². The van der Waals surface area contributed by atoms with E-state index >= 15 is 0 Å². The predicted octanol–water partition coefficient (Wildman–Crippen LogP) is 2.87. The predicted molar refractivity (Wildman–Crippen MR) is 60.4 cm³/mol. The summed E-state index contributed by atoms with van der Waals surface area (Å²) in [6.07, 6.45) is 0. The Morgan fingerprint density at radius 3 is 2.53 bits per heavy atom. The lowest BCUT2D eigenvalue weighted by atomic mass is 9.87. The van der Waals surface area contributed by atoms with Gasteiger partial charge in [-0.05, 0) is 17.5 Å². The number of rotatable bonds is 1. The summed E-state index contributed by atoms with van der Waals surface area (Å²) < 4.78 is 5.62. The normalized spacial score (nSPS) is 14.4. The molecule has 2 aromatic rings. The van der Waals surface area contributed by atoms with Gasteiger partial charge in [0, 0.05) is 0 Å². The van der Waals surface area contributed by atoms with Gasteiger partial charge in [0.05, 0.1) is 6.04 Å². The molecule has 0 saturated heterocycles. The van der Waals surface area contributed by atoms with E-state index in [0.717, 1.165) is 11.1 Å². The van der Waals surface area contributed by atoms with E-state index in [0.29, 0.717) is 5.89 Å². The van der Waals surface area contributed by atoms with E-state index < -0.39 is 0 Å². The first-order valence-corrected chi connectivity index (χ1v) is 5.09. The molecule has 0 bridgehead atoms. The topological polar surface area (TPSA) is 52.0 Å². The van der Waals surface area contributed by atoms with E-state index in [-0.39, 0.29) is 11.5 Å². The largest absolute Gasteiger partial charge is 0.439 e. The lowest BCUT2D eigenvalue weighted by Gasteiger charge is -2.23. The molecule has 2 rings (SSSR count). The van der Waals surface area contributed by atoms with E-state index in [4.69, 9.17) is 10.2 Å². The summed E-state index contributed by atoms with van der Waals surface area (Å²) in [6.45, 7) is 6.23. The van der Waals surface area contributed by atoms with Gasteiger partial charge in [-0.1, -0.05) is 32.9 Å². The van der Waals surface area contributed by atoms with Gasteiger partial charge in [0.2, 0.25) is 5.89 Å². The number of hydrogen-bond acceptors (Lipinski definition) is 3. The molecule has 0 aliphatic heterocycles. The molecule has 2 N–H and O–H groups in total.